The lowest BCUT2D eigenvalue weighted by atomic mass is 10.1. The highest BCUT2D eigenvalue weighted by Crippen LogP contribution is 2.36. The first-order valence-corrected chi connectivity index (χ1v) is 6.71. The van der Waals surface area contributed by atoms with Gasteiger partial charge in [0.15, 0.2) is 5.65 Å². The summed E-state index contributed by atoms with van der Waals surface area (Å²) in [5.74, 6) is 2.21. The average Bonchev–Trinajstić information content (AvgIpc) is 2.91. The Balaban J connectivity index is 2.12. The zero-order valence-electron chi connectivity index (χ0n) is 9.93. The Kier molecular flexibility index (Phi) is 2.79. The molecule has 1 aliphatic rings. The number of imidazole rings is 1. The van der Waals surface area contributed by atoms with E-state index in [4.69, 9.17) is 11.6 Å². The molecule has 0 aromatic carbocycles. The molecule has 2 atom stereocenters. The van der Waals surface area contributed by atoms with Crippen LogP contribution in [-0.4, -0.2) is 14.5 Å². The summed E-state index contributed by atoms with van der Waals surface area (Å²) in [7, 11) is 0. The summed E-state index contributed by atoms with van der Waals surface area (Å²) in [4.78, 5) is 9.03. The molecule has 2 aromatic rings. The van der Waals surface area contributed by atoms with Crippen molar-refractivity contribution in [3.63, 3.8) is 0 Å². The number of nitrogens with zero attached hydrogens (tertiary/aromatic N) is 3. The minimum atomic E-state index is 0.460. The van der Waals surface area contributed by atoms with Gasteiger partial charge in [-0.15, -0.1) is 11.6 Å². The van der Waals surface area contributed by atoms with Crippen molar-refractivity contribution >= 4 is 22.8 Å². The maximum absolute atomic E-state index is 6.01. The standard InChI is InChI=1S/C13H16ClN3/c1-9-4-5-10(7-9)17-12(8-14)16-11-3-2-6-15-13(11)17/h2-3,6,9-10H,4-5,7-8H2,1H3. The van der Waals surface area contributed by atoms with Gasteiger partial charge in [0.2, 0.25) is 0 Å². The fourth-order valence-corrected chi connectivity index (χ4v) is 3.05. The predicted octanol–water partition coefficient (Wildman–Crippen LogP) is 3.53. The number of hydrogen-bond donors (Lipinski definition) is 0. The van der Waals surface area contributed by atoms with Crippen LogP contribution >= 0.6 is 11.6 Å². The van der Waals surface area contributed by atoms with Crippen LogP contribution in [0.2, 0.25) is 0 Å². The smallest absolute Gasteiger partial charge is 0.160 e. The lowest BCUT2D eigenvalue weighted by Gasteiger charge is -2.14. The minimum absolute atomic E-state index is 0.460. The number of alkyl halides is 1. The molecular weight excluding hydrogens is 234 g/mol. The fraction of sp³-hybridized carbons (Fsp3) is 0.538. The summed E-state index contributed by atoms with van der Waals surface area (Å²) in [6.45, 7) is 2.31. The van der Waals surface area contributed by atoms with Crippen molar-refractivity contribution in [2.45, 2.75) is 38.1 Å². The third-order valence-corrected chi connectivity index (χ3v) is 3.91. The van der Waals surface area contributed by atoms with E-state index >= 15 is 0 Å². The molecule has 0 radical (unpaired) electrons. The van der Waals surface area contributed by atoms with Crippen LogP contribution < -0.4 is 0 Å². The molecule has 0 N–H and O–H groups in total. The first-order valence-electron chi connectivity index (χ1n) is 6.17. The van der Waals surface area contributed by atoms with Crippen molar-refractivity contribution in [1.29, 1.82) is 0 Å². The lowest BCUT2D eigenvalue weighted by molar-refractivity contribution is 0.491. The Morgan fingerprint density at radius 3 is 3.06 bits per heavy atom. The summed E-state index contributed by atoms with van der Waals surface area (Å²) in [5, 5.41) is 0. The number of aromatic nitrogens is 3. The fourth-order valence-electron chi connectivity index (χ4n) is 2.87. The van der Waals surface area contributed by atoms with Crippen molar-refractivity contribution < 1.29 is 0 Å². The first-order chi connectivity index (χ1) is 8.29. The van der Waals surface area contributed by atoms with Crippen LogP contribution in [0.1, 0.15) is 38.1 Å². The van der Waals surface area contributed by atoms with Crippen molar-refractivity contribution in [2.24, 2.45) is 5.92 Å². The van der Waals surface area contributed by atoms with Crippen LogP contribution in [0, 0.1) is 5.92 Å². The highest BCUT2D eigenvalue weighted by atomic mass is 35.5. The molecule has 2 aromatic heterocycles. The van der Waals surface area contributed by atoms with E-state index in [0.717, 1.165) is 22.9 Å². The highest BCUT2D eigenvalue weighted by Gasteiger charge is 2.26. The monoisotopic (exact) mass is 249 g/mol. The van der Waals surface area contributed by atoms with Gasteiger partial charge in [-0.05, 0) is 37.3 Å². The minimum Gasteiger partial charge on any atom is -0.309 e. The second kappa shape index (κ2) is 4.30. The Morgan fingerprint density at radius 2 is 2.35 bits per heavy atom. The van der Waals surface area contributed by atoms with Crippen LogP contribution in [0.4, 0.5) is 0 Å². The maximum atomic E-state index is 6.01. The molecule has 2 unspecified atom stereocenters. The zero-order chi connectivity index (χ0) is 11.8. The number of fused-ring (bicyclic) bond motifs is 1. The van der Waals surface area contributed by atoms with Gasteiger partial charge in [0.05, 0.1) is 5.88 Å². The van der Waals surface area contributed by atoms with E-state index in [2.05, 4.69) is 21.5 Å². The van der Waals surface area contributed by atoms with Crippen molar-refractivity contribution in [2.75, 3.05) is 0 Å². The molecule has 1 fully saturated rings. The van der Waals surface area contributed by atoms with E-state index in [0.29, 0.717) is 11.9 Å². The van der Waals surface area contributed by atoms with Crippen LogP contribution in [0.25, 0.3) is 11.2 Å². The normalized spacial score (nSPS) is 24.6. The van der Waals surface area contributed by atoms with Gasteiger partial charge in [-0.25, -0.2) is 9.97 Å². The molecule has 2 heterocycles. The van der Waals surface area contributed by atoms with Gasteiger partial charge in [-0.2, -0.15) is 0 Å². The Morgan fingerprint density at radius 1 is 1.47 bits per heavy atom. The molecule has 0 saturated heterocycles. The molecule has 1 aliphatic carbocycles. The van der Waals surface area contributed by atoms with E-state index in [1.807, 2.05) is 18.3 Å². The molecule has 4 heteroatoms. The van der Waals surface area contributed by atoms with Crippen molar-refractivity contribution in [3.8, 4) is 0 Å². The molecule has 0 bridgehead atoms. The summed E-state index contributed by atoms with van der Waals surface area (Å²) >= 11 is 6.01. The molecule has 17 heavy (non-hydrogen) atoms. The molecule has 0 amide bonds. The maximum Gasteiger partial charge on any atom is 0.160 e. The van der Waals surface area contributed by atoms with Crippen LogP contribution in [0.15, 0.2) is 18.3 Å². The lowest BCUT2D eigenvalue weighted by Crippen LogP contribution is -2.09. The molecule has 0 aliphatic heterocycles. The predicted molar refractivity (Wildman–Crippen MR) is 69.1 cm³/mol. The molecule has 90 valence electrons. The SMILES string of the molecule is CC1CCC(n2c(CCl)nc3cccnc32)C1. The number of halogens is 1. The molecule has 0 spiro atoms. The summed E-state index contributed by atoms with van der Waals surface area (Å²) in [6, 6.07) is 4.46. The molecular formula is C13H16ClN3. The first kappa shape index (κ1) is 11.0. The van der Waals surface area contributed by atoms with Crippen molar-refractivity contribution in [1.82, 2.24) is 14.5 Å². The van der Waals surface area contributed by atoms with E-state index in [1.54, 1.807) is 0 Å². The second-order valence-electron chi connectivity index (χ2n) is 4.95. The Hall–Kier alpha value is -1.09. The van der Waals surface area contributed by atoms with E-state index in [1.165, 1.54) is 19.3 Å². The average molecular weight is 250 g/mol. The number of hydrogen-bond acceptors (Lipinski definition) is 2. The summed E-state index contributed by atoms with van der Waals surface area (Å²) in [6.07, 6.45) is 5.55. The third kappa shape index (κ3) is 1.82. The van der Waals surface area contributed by atoms with Crippen LogP contribution in [0.5, 0.6) is 0 Å². The largest absolute Gasteiger partial charge is 0.309 e. The van der Waals surface area contributed by atoms with E-state index in [-0.39, 0.29) is 0 Å². The molecule has 1 saturated carbocycles. The third-order valence-electron chi connectivity index (χ3n) is 3.67. The number of rotatable bonds is 2. The molecule has 3 nitrogen and oxygen atoms in total. The summed E-state index contributed by atoms with van der Waals surface area (Å²) in [5.41, 5.74) is 1.95. The van der Waals surface area contributed by atoms with Crippen molar-refractivity contribution in [3.05, 3.63) is 24.2 Å². The van der Waals surface area contributed by atoms with Gasteiger partial charge in [-0.3, -0.25) is 0 Å². The van der Waals surface area contributed by atoms with E-state index < -0.39 is 0 Å². The second-order valence-corrected chi connectivity index (χ2v) is 5.22. The quantitative estimate of drug-likeness (QED) is 0.763. The van der Waals surface area contributed by atoms with Gasteiger partial charge < -0.3 is 4.57 Å². The number of pyridine rings is 1. The van der Waals surface area contributed by atoms with E-state index in [9.17, 15) is 0 Å². The summed E-state index contributed by atoms with van der Waals surface area (Å²) < 4.78 is 2.26. The zero-order valence-corrected chi connectivity index (χ0v) is 10.7. The van der Waals surface area contributed by atoms with Crippen LogP contribution in [-0.2, 0) is 5.88 Å². The Labute approximate surface area is 106 Å². The van der Waals surface area contributed by atoms with Crippen LogP contribution in [0.3, 0.4) is 0 Å². The van der Waals surface area contributed by atoms with Gasteiger partial charge >= 0.3 is 0 Å². The van der Waals surface area contributed by atoms with Gasteiger partial charge in [-0.1, -0.05) is 6.92 Å². The molecule has 3 rings (SSSR count). The highest BCUT2D eigenvalue weighted by molar-refractivity contribution is 6.16. The van der Waals surface area contributed by atoms with Gasteiger partial charge in [0.25, 0.3) is 0 Å². The van der Waals surface area contributed by atoms with Gasteiger partial charge in [0, 0.05) is 12.2 Å². The van der Waals surface area contributed by atoms with Gasteiger partial charge in [0.1, 0.15) is 11.3 Å². The Bertz CT molecular complexity index is 534. The topological polar surface area (TPSA) is 30.7 Å².